The van der Waals surface area contributed by atoms with Gasteiger partial charge in [0, 0.05) is 24.9 Å². The van der Waals surface area contributed by atoms with E-state index in [0.717, 1.165) is 0 Å². The fraction of sp³-hybridized carbons (Fsp3) is 0.273. The van der Waals surface area contributed by atoms with Gasteiger partial charge in [-0.2, -0.15) is 5.26 Å². The van der Waals surface area contributed by atoms with E-state index in [2.05, 4.69) is 5.32 Å². The van der Waals surface area contributed by atoms with Crippen LogP contribution in [0.5, 0.6) is 0 Å². The largest absolute Gasteiger partial charge is 0.322 e. The molecule has 2 amide bonds. The molecule has 7 heteroatoms. The molecule has 1 aromatic carbocycles. The Morgan fingerprint density at radius 3 is 2.83 bits per heavy atom. The first-order valence-corrected chi connectivity index (χ1v) is 5.13. The van der Waals surface area contributed by atoms with Gasteiger partial charge in [0.15, 0.2) is 0 Å². The van der Waals surface area contributed by atoms with Gasteiger partial charge in [0.05, 0.1) is 11.0 Å². The highest BCUT2D eigenvalue weighted by atomic mass is 16.6. The fourth-order valence-corrected chi connectivity index (χ4v) is 1.17. The van der Waals surface area contributed by atoms with Crippen LogP contribution in [0.15, 0.2) is 24.3 Å². The highest BCUT2D eigenvalue weighted by molar-refractivity contribution is 5.89. The molecule has 1 aromatic rings. The van der Waals surface area contributed by atoms with E-state index in [1.165, 1.54) is 36.2 Å². The molecule has 1 rings (SSSR count). The zero-order valence-electron chi connectivity index (χ0n) is 9.95. The second-order valence-electron chi connectivity index (χ2n) is 3.65. The number of nitrogens with one attached hydrogen (secondary N) is 1. The Balaban J connectivity index is 2.79. The van der Waals surface area contributed by atoms with E-state index in [9.17, 15) is 14.9 Å². The molecule has 0 aliphatic heterocycles. The van der Waals surface area contributed by atoms with Gasteiger partial charge >= 0.3 is 6.03 Å². The highest BCUT2D eigenvalue weighted by Crippen LogP contribution is 2.17. The summed E-state index contributed by atoms with van der Waals surface area (Å²) in [5.41, 5.74) is 0.204. The first-order valence-electron chi connectivity index (χ1n) is 5.13. The first kappa shape index (κ1) is 13.4. The average molecular weight is 248 g/mol. The minimum Gasteiger partial charge on any atom is -0.312 e. The lowest BCUT2D eigenvalue weighted by Gasteiger charge is -2.19. The molecule has 0 saturated heterocycles. The van der Waals surface area contributed by atoms with E-state index in [4.69, 9.17) is 5.26 Å². The maximum Gasteiger partial charge on any atom is 0.322 e. The maximum absolute atomic E-state index is 11.7. The number of nitro benzene ring substituents is 1. The lowest BCUT2D eigenvalue weighted by molar-refractivity contribution is -0.384. The molecule has 0 aliphatic carbocycles. The van der Waals surface area contributed by atoms with E-state index in [-0.39, 0.29) is 5.69 Å². The summed E-state index contributed by atoms with van der Waals surface area (Å²) in [5, 5.41) is 21.7. The second kappa shape index (κ2) is 5.63. The number of nitriles is 1. The van der Waals surface area contributed by atoms with Gasteiger partial charge in [-0.1, -0.05) is 6.07 Å². The lowest BCUT2D eigenvalue weighted by Crippen LogP contribution is -2.37. The van der Waals surface area contributed by atoms with Crippen molar-refractivity contribution in [1.29, 1.82) is 5.26 Å². The normalized spacial score (nSPS) is 11.2. The summed E-state index contributed by atoms with van der Waals surface area (Å²) in [6.07, 6.45) is 0. The van der Waals surface area contributed by atoms with E-state index in [0.29, 0.717) is 5.69 Å². The molecule has 0 aliphatic rings. The van der Waals surface area contributed by atoms with Crippen LogP contribution in [0.2, 0.25) is 0 Å². The number of benzene rings is 1. The molecule has 0 aromatic heterocycles. The average Bonchev–Trinajstić information content (AvgIpc) is 2.37. The van der Waals surface area contributed by atoms with Gasteiger partial charge in [0.2, 0.25) is 0 Å². The van der Waals surface area contributed by atoms with Gasteiger partial charge in [-0.25, -0.2) is 4.79 Å². The number of hydrogen-bond donors (Lipinski definition) is 1. The molecule has 1 atom stereocenters. The van der Waals surface area contributed by atoms with Crippen LogP contribution in [0.3, 0.4) is 0 Å². The Hall–Kier alpha value is -2.62. The molecule has 0 bridgehead atoms. The van der Waals surface area contributed by atoms with Gasteiger partial charge in [-0.15, -0.1) is 0 Å². The molecular formula is C11H12N4O3. The number of anilines is 1. The van der Waals surface area contributed by atoms with Crippen molar-refractivity contribution in [1.82, 2.24) is 4.90 Å². The summed E-state index contributed by atoms with van der Waals surface area (Å²) in [6, 6.07) is 6.44. The van der Waals surface area contributed by atoms with Crippen LogP contribution in [0.1, 0.15) is 6.92 Å². The molecule has 0 fully saturated rings. The van der Waals surface area contributed by atoms with Crippen molar-refractivity contribution in [3.63, 3.8) is 0 Å². The Morgan fingerprint density at radius 1 is 1.61 bits per heavy atom. The lowest BCUT2D eigenvalue weighted by atomic mass is 10.3. The fourth-order valence-electron chi connectivity index (χ4n) is 1.17. The molecule has 0 radical (unpaired) electrons. The summed E-state index contributed by atoms with van der Waals surface area (Å²) in [5.74, 6) is 0. The number of carbonyl (C=O) groups is 1. The van der Waals surface area contributed by atoms with Crippen LogP contribution >= 0.6 is 0 Å². The molecule has 1 unspecified atom stereocenters. The molecule has 18 heavy (non-hydrogen) atoms. The van der Waals surface area contributed by atoms with Crippen LogP contribution in [0, 0.1) is 21.4 Å². The van der Waals surface area contributed by atoms with Crippen LogP contribution in [-0.2, 0) is 0 Å². The summed E-state index contributed by atoms with van der Waals surface area (Å²) in [4.78, 5) is 22.9. The van der Waals surface area contributed by atoms with Crippen molar-refractivity contribution < 1.29 is 9.72 Å². The number of hydrogen-bond acceptors (Lipinski definition) is 4. The number of amides is 2. The van der Waals surface area contributed by atoms with E-state index < -0.39 is 17.0 Å². The molecule has 0 saturated carbocycles. The number of nitrogens with zero attached hydrogens (tertiary/aromatic N) is 3. The number of rotatable bonds is 3. The van der Waals surface area contributed by atoms with Crippen LogP contribution in [-0.4, -0.2) is 28.9 Å². The van der Waals surface area contributed by atoms with Gasteiger partial charge in [0.25, 0.3) is 5.69 Å². The topological polar surface area (TPSA) is 99.3 Å². The smallest absolute Gasteiger partial charge is 0.312 e. The third-order valence-electron chi connectivity index (χ3n) is 2.40. The van der Waals surface area contributed by atoms with Crippen molar-refractivity contribution in [2.24, 2.45) is 0 Å². The third kappa shape index (κ3) is 3.18. The van der Waals surface area contributed by atoms with Gasteiger partial charge in [-0.3, -0.25) is 10.1 Å². The molecular weight excluding hydrogens is 236 g/mol. The Labute approximate surface area is 104 Å². The standard InChI is InChI=1S/C11H12N4O3/c1-8(7-12)14(2)11(16)13-9-4-3-5-10(6-9)15(17)18/h3-6,8H,1-2H3,(H,13,16). The van der Waals surface area contributed by atoms with Gasteiger partial charge in [-0.05, 0) is 13.0 Å². The van der Waals surface area contributed by atoms with Gasteiger partial charge in [0.1, 0.15) is 6.04 Å². The molecule has 94 valence electrons. The monoisotopic (exact) mass is 248 g/mol. The molecule has 7 nitrogen and oxygen atoms in total. The van der Waals surface area contributed by atoms with E-state index in [1.54, 1.807) is 6.92 Å². The summed E-state index contributed by atoms with van der Waals surface area (Å²) >= 11 is 0. The zero-order chi connectivity index (χ0) is 13.7. The number of nitro groups is 1. The quantitative estimate of drug-likeness (QED) is 0.652. The van der Waals surface area contributed by atoms with E-state index >= 15 is 0 Å². The number of urea groups is 1. The van der Waals surface area contributed by atoms with Crippen molar-refractivity contribution >= 4 is 17.4 Å². The predicted molar refractivity (Wildman–Crippen MR) is 65.0 cm³/mol. The first-order chi connectivity index (χ1) is 8.45. The van der Waals surface area contributed by atoms with Crippen molar-refractivity contribution in [3.05, 3.63) is 34.4 Å². The maximum atomic E-state index is 11.7. The Kier molecular flexibility index (Phi) is 4.21. The van der Waals surface area contributed by atoms with Crippen LogP contribution < -0.4 is 5.32 Å². The molecule has 1 N–H and O–H groups in total. The van der Waals surface area contributed by atoms with Gasteiger partial charge < -0.3 is 10.2 Å². The second-order valence-corrected chi connectivity index (χ2v) is 3.65. The molecule has 0 heterocycles. The van der Waals surface area contributed by atoms with Crippen molar-refractivity contribution in [2.45, 2.75) is 13.0 Å². The van der Waals surface area contributed by atoms with Crippen LogP contribution in [0.25, 0.3) is 0 Å². The minimum atomic E-state index is -0.580. The summed E-state index contributed by atoms with van der Waals surface area (Å²) in [6.45, 7) is 1.58. The minimum absolute atomic E-state index is 0.108. The van der Waals surface area contributed by atoms with Crippen molar-refractivity contribution in [2.75, 3.05) is 12.4 Å². The predicted octanol–water partition coefficient (Wildman–Crippen LogP) is 1.97. The van der Waals surface area contributed by atoms with Crippen molar-refractivity contribution in [3.8, 4) is 6.07 Å². The number of carbonyl (C=O) groups excluding carboxylic acids is 1. The molecule has 0 spiro atoms. The summed E-state index contributed by atoms with van der Waals surface area (Å²) in [7, 11) is 1.47. The summed E-state index contributed by atoms with van der Waals surface area (Å²) < 4.78 is 0. The van der Waals surface area contributed by atoms with Crippen LogP contribution in [0.4, 0.5) is 16.2 Å². The SMILES string of the molecule is CC(C#N)N(C)C(=O)Nc1cccc([N+](=O)[O-])c1. The number of non-ortho nitro benzene ring substituents is 1. The zero-order valence-corrected chi connectivity index (χ0v) is 9.95. The Morgan fingerprint density at radius 2 is 2.28 bits per heavy atom. The third-order valence-corrected chi connectivity index (χ3v) is 2.40. The highest BCUT2D eigenvalue weighted by Gasteiger charge is 2.15. The van der Waals surface area contributed by atoms with E-state index in [1.807, 2.05) is 6.07 Å². The Bertz CT molecular complexity index is 509.